The number of imidazole rings is 1. The fourth-order valence-corrected chi connectivity index (χ4v) is 4.62. The van der Waals surface area contributed by atoms with Crippen molar-refractivity contribution in [3.8, 4) is 0 Å². The van der Waals surface area contributed by atoms with Gasteiger partial charge in [0.05, 0.1) is 18.9 Å². The van der Waals surface area contributed by atoms with Crippen molar-refractivity contribution in [2.24, 2.45) is 10.9 Å². The van der Waals surface area contributed by atoms with Crippen LogP contribution >= 0.6 is 24.0 Å². The second kappa shape index (κ2) is 11.7. The zero-order valence-corrected chi connectivity index (χ0v) is 21.4. The second-order valence-electron chi connectivity index (χ2n) is 8.65. The average molecular weight is 550 g/mol. The van der Waals surface area contributed by atoms with E-state index >= 15 is 0 Å². The number of hydrogen-bond acceptors (Lipinski definition) is 3. The van der Waals surface area contributed by atoms with Crippen LogP contribution in [0.4, 0.5) is 0 Å². The first-order chi connectivity index (χ1) is 15.2. The highest BCUT2D eigenvalue weighted by molar-refractivity contribution is 14.0. The number of carbonyl (C=O) groups is 1. The Balaban J connectivity index is 0.00000289. The molecule has 3 heterocycles. The van der Waals surface area contributed by atoms with Gasteiger partial charge < -0.3 is 19.7 Å². The maximum absolute atomic E-state index is 12.1. The van der Waals surface area contributed by atoms with Crippen LogP contribution < -0.4 is 5.32 Å². The van der Waals surface area contributed by atoms with Crippen LogP contribution in [0.3, 0.4) is 0 Å². The molecule has 4 rings (SSSR count). The Hall–Kier alpha value is -2.10. The average Bonchev–Trinajstić information content (AvgIpc) is 3.45. The summed E-state index contributed by atoms with van der Waals surface area (Å²) in [6, 6.07) is 8.77. The van der Waals surface area contributed by atoms with Crippen molar-refractivity contribution in [2.75, 3.05) is 26.2 Å². The number of guanidine groups is 1. The molecule has 32 heavy (non-hydrogen) atoms. The molecule has 1 aromatic heterocycles. The molecule has 174 valence electrons. The molecule has 1 N–H and O–H groups in total. The number of amides is 1. The molecule has 0 spiro atoms. The third-order valence-electron chi connectivity index (χ3n) is 6.51. The van der Waals surface area contributed by atoms with Gasteiger partial charge in [0.25, 0.3) is 0 Å². The molecule has 0 aliphatic carbocycles. The minimum Gasteiger partial charge on any atom is -0.357 e. The number of aliphatic imine (C=N–C) groups is 1. The van der Waals surface area contributed by atoms with Crippen LogP contribution in [-0.2, 0) is 17.9 Å². The number of nitrogens with one attached hydrogen (secondary N) is 1. The van der Waals surface area contributed by atoms with E-state index in [9.17, 15) is 4.79 Å². The van der Waals surface area contributed by atoms with Gasteiger partial charge >= 0.3 is 0 Å². The van der Waals surface area contributed by atoms with Gasteiger partial charge in [-0.3, -0.25) is 4.79 Å². The molecule has 2 aliphatic heterocycles. The van der Waals surface area contributed by atoms with Gasteiger partial charge in [0.1, 0.15) is 0 Å². The fraction of sp³-hybridized carbons (Fsp3) is 0.542. The number of likely N-dealkylation sites (tertiary alicyclic amines) is 2. The van der Waals surface area contributed by atoms with E-state index < -0.39 is 0 Å². The van der Waals surface area contributed by atoms with Crippen molar-refractivity contribution in [3.05, 3.63) is 54.1 Å². The standard InChI is InChI=1S/C24H34N6O.HI/c1-3-26-24(29-13-10-19(2)22(17-29)30-14-11-25-18-30)27-15-20-7-4-5-8-21(20)16-28-12-6-9-23(28)31;/h4-5,7-8,11,14,18-19,22H,3,6,9-10,12-13,15-17H2,1-2H3,(H,26,27);1H. The molecule has 1 amide bonds. The Morgan fingerprint density at radius 2 is 2.06 bits per heavy atom. The van der Waals surface area contributed by atoms with E-state index in [4.69, 9.17) is 4.99 Å². The Bertz CT molecular complexity index is 900. The largest absolute Gasteiger partial charge is 0.357 e. The molecule has 0 bridgehead atoms. The molecule has 1 aromatic carbocycles. The Labute approximate surface area is 208 Å². The van der Waals surface area contributed by atoms with Crippen molar-refractivity contribution >= 4 is 35.8 Å². The molecule has 2 aromatic rings. The molecule has 2 atom stereocenters. The van der Waals surface area contributed by atoms with E-state index in [1.54, 1.807) is 0 Å². The lowest BCUT2D eigenvalue weighted by atomic mass is 9.93. The number of nitrogens with zero attached hydrogens (tertiary/aromatic N) is 5. The number of rotatable bonds is 6. The summed E-state index contributed by atoms with van der Waals surface area (Å²) in [6.45, 7) is 9.36. The van der Waals surface area contributed by atoms with Gasteiger partial charge in [-0.05, 0) is 36.8 Å². The number of benzene rings is 1. The molecular formula is C24H35IN6O. The van der Waals surface area contributed by atoms with Gasteiger partial charge in [0.2, 0.25) is 5.91 Å². The van der Waals surface area contributed by atoms with Gasteiger partial charge in [-0.15, -0.1) is 24.0 Å². The molecule has 7 nitrogen and oxygen atoms in total. The molecule has 2 saturated heterocycles. The summed E-state index contributed by atoms with van der Waals surface area (Å²) in [4.78, 5) is 25.7. The molecule has 8 heteroatoms. The second-order valence-corrected chi connectivity index (χ2v) is 8.65. The highest BCUT2D eigenvalue weighted by Crippen LogP contribution is 2.27. The molecule has 2 unspecified atom stereocenters. The first-order valence-corrected chi connectivity index (χ1v) is 11.5. The van der Waals surface area contributed by atoms with E-state index in [1.165, 1.54) is 11.1 Å². The first kappa shape index (κ1) is 24.5. The maximum atomic E-state index is 12.1. The van der Waals surface area contributed by atoms with Crippen LogP contribution in [0.2, 0.25) is 0 Å². The maximum Gasteiger partial charge on any atom is 0.222 e. The summed E-state index contributed by atoms with van der Waals surface area (Å²) in [6.07, 6.45) is 8.61. The number of hydrogen-bond donors (Lipinski definition) is 1. The van der Waals surface area contributed by atoms with Crippen LogP contribution in [0.25, 0.3) is 0 Å². The molecular weight excluding hydrogens is 515 g/mol. The summed E-state index contributed by atoms with van der Waals surface area (Å²) < 4.78 is 2.22. The normalized spacial score (nSPS) is 21.6. The zero-order chi connectivity index (χ0) is 21.6. The van der Waals surface area contributed by atoms with Gasteiger partial charge in [0, 0.05) is 51.5 Å². The lowest BCUT2D eigenvalue weighted by Crippen LogP contribution is -2.49. The van der Waals surface area contributed by atoms with Crippen molar-refractivity contribution < 1.29 is 4.79 Å². The highest BCUT2D eigenvalue weighted by atomic mass is 127. The molecule has 2 aliphatic rings. The van der Waals surface area contributed by atoms with Crippen LogP contribution in [0.5, 0.6) is 0 Å². The predicted octanol–water partition coefficient (Wildman–Crippen LogP) is 3.67. The summed E-state index contributed by atoms with van der Waals surface area (Å²) in [7, 11) is 0. The monoisotopic (exact) mass is 550 g/mol. The fourth-order valence-electron chi connectivity index (χ4n) is 4.62. The Morgan fingerprint density at radius 3 is 2.75 bits per heavy atom. The predicted molar refractivity (Wildman–Crippen MR) is 138 cm³/mol. The minimum absolute atomic E-state index is 0. The number of carbonyl (C=O) groups excluding carboxylic acids is 1. The molecule has 0 radical (unpaired) electrons. The van der Waals surface area contributed by atoms with Crippen molar-refractivity contribution in [1.82, 2.24) is 24.7 Å². The van der Waals surface area contributed by atoms with E-state index in [1.807, 2.05) is 17.4 Å². The zero-order valence-electron chi connectivity index (χ0n) is 19.1. The van der Waals surface area contributed by atoms with Crippen LogP contribution in [0.15, 0.2) is 48.0 Å². The Morgan fingerprint density at radius 1 is 1.25 bits per heavy atom. The van der Waals surface area contributed by atoms with E-state index in [0.717, 1.165) is 45.0 Å². The highest BCUT2D eigenvalue weighted by Gasteiger charge is 2.29. The van der Waals surface area contributed by atoms with Gasteiger partial charge in [0.15, 0.2) is 5.96 Å². The number of halogens is 1. The van der Waals surface area contributed by atoms with Crippen LogP contribution in [0, 0.1) is 5.92 Å². The first-order valence-electron chi connectivity index (χ1n) is 11.5. The van der Waals surface area contributed by atoms with E-state index in [2.05, 4.69) is 64.1 Å². The summed E-state index contributed by atoms with van der Waals surface area (Å²) >= 11 is 0. The molecule has 0 saturated carbocycles. The SMILES string of the molecule is CCNC(=NCc1ccccc1CN1CCCC1=O)N1CCC(C)C(n2ccnc2)C1.I. The van der Waals surface area contributed by atoms with E-state index in [0.29, 0.717) is 31.5 Å². The minimum atomic E-state index is 0. The summed E-state index contributed by atoms with van der Waals surface area (Å²) in [5, 5.41) is 3.49. The van der Waals surface area contributed by atoms with Crippen LogP contribution in [-0.4, -0.2) is 57.4 Å². The smallest absolute Gasteiger partial charge is 0.222 e. The summed E-state index contributed by atoms with van der Waals surface area (Å²) in [5.74, 6) is 1.83. The van der Waals surface area contributed by atoms with Crippen molar-refractivity contribution in [1.29, 1.82) is 0 Å². The van der Waals surface area contributed by atoms with Gasteiger partial charge in [-0.25, -0.2) is 9.98 Å². The Kier molecular flexibility index (Phi) is 8.95. The van der Waals surface area contributed by atoms with Gasteiger partial charge in [-0.2, -0.15) is 0 Å². The lowest BCUT2D eigenvalue weighted by molar-refractivity contribution is -0.128. The van der Waals surface area contributed by atoms with E-state index in [-0.39, 0.29) is 29.9 Å². The lowest BCUT2D eigenvalue weighted by Gasteiger charge is -2.39. The van der Waals surface area contributed by atoms with Crippen molar-refractivity contribution in [2.45, 2.75) is 52.2 Å². The third kappa shape index (κ3) is 5.82. The molecule has 2 fully saturated rings. The quantitative estimate of drug-likeness (QED) is 0.339. The van der Waals surface area contributed by atoms with Crippen LogP contribution in [0.1, 0.15) is 50.3 Å². The van der Waals surface area contributed by atoms with Gasteiger partial charge in [-0.1, -0.05) is 31.2 Å². The number of piperidine rings is 1. The summed E-state index contributed by atoms with van der Waals surface area (Å²) in [5.41, 5.74) is 2.38. The van der Waals surface area contributed by atoms with Crippen molar-refractivity contribution in [3.63, 3.8) is 0 Å². The number of aromatic nitrogens is 2. The third-order valence-corrected chi connectivity index (χ3v) is 6.51. The topological polar surface area (TPSA) is 65.8 Å².